The molecule has 0 saturated carbocycles. The topological polar surface area (TPSA) is 69.2 Å². The van der Waals surface area contributed by atoms with Crippen LogP contribution in [0.15, 0.2) is 29.1 Å². The smallest absolute Gasteiger partial charge is 0.255 e. The van der Waals surface area contributed by atoms with E-state index in [-0.39, 0.29) is 23.9 Å². The summed E-state index contributed by atoms with van der Waals surface area (Å²) in [7, 11) is 0. The quantitative estimate of drug-likeness (QED) is 0.874. The van der Waals surface area contributed by atoms with E-state index in [4.69, 9.17) is 0 Å². The number of rotatable bonds is 5. The summed E-state index contributed by atoms with van der Waals surface area (Å²) in [6.07, 6.45) is 1.26. The van der Waals surface area contributed by atoms with Crippen molar-refractivity contribution >= 4 is 0 Å². The van der Waals surface area contributed by atoms with E-state index in [0.717, 1.165) is 12.2 Å². The van der Waals surface area contributed by atoms with Gasteiger partial charge in [-0.3, -0.25) is 9.69 Å². The number of nitrogens with one attached hydrogen (secondary N) is 1. The number of aromatic nitrogens is 2. The van der Waals surface area contributed by atoms with Crippen LogP contribution in [0.3, 0.4) is 0 Å². The minimum absolute atomic E-state index is 0.165. The van der Waals surface area contributed by atoms with Crippen molar-refractivity contribution in [3.8, 4) is 0 Å². The van der Waals surface area contributed by atoms with Crippen molar-refractivity contribution in [2.24, 2.45) is 0 Å². The van der Waals surface area contributed by atoms with Crippen molar-refractivity contribution in [2.45, 2.75) is 38.8 Å². The summed E-state index contributed by atoms with van der Waals surface area (Å²) in [5.74, 6) is 0.198. The van der Waals surface area contributed by atoms with E-state index in [1.54, 1.807) is 18.2 Å². The van der Waals surface area contributed by atoms with Gasteiger partial charge in [0.15, 0.2) is 0 Å². The maximum absolute atomic E-state index is 13.8. The van der Waals surface area contributed by atoms with Gasteiger partial charge in [-0.15, -0.1) is 0 Å². The Hall–Kier alpha value is -2.05. The highest BCUT2D eigenvalue weighted by atomic mass is 19.1. The fourth-order valence-electron chi connectivity index (χ4n) is 3.02. The van der Waals surface area contributed by atoms with Crippen LogP contribution >= 0.6 is 0 Å². The van der Waals surface area contributed by atoms with Crippen LogP contribution in [-0.4, -0.2) is 39.2 Å². The maximum Gasteiger partial charge on any atom is 0.255 e. The molecule has 2 N–H and O–H groups in total. The van der Waals surface area contributed by atoms with Crippen LogP contribution in [-0.2, 0) is 19.4 Å². The molecule has 1 atom stereocenters. The van der Waals surface area contributed by atoms with Crippen molar-refractivity contribution in [3.63, 3.8) is 0 Å². The first-order chi connectivity index (χ1) is 11.6. The number of aromatic amines is 1. The van der Waals surface area contributed by atoms with Crippen LogP contribution in [0, 0.1) is 5.82 Å². The number of aliphatic hydroxyl groups is 1. The van der Waals surface area contributed by atoms with E-state index in [0.29, 0.717) is 42.9 Å². The molecule has 1 aliphatic rings. The second-order valence-electron chi connectivity index (χ2n) is 6.25. The standard InChI is InChI=1S/C18H22FN3O2/c1-2-13(23)10-22-8-7-16-14(11-22)18(24)21-17(20-16)9-12-5-3-4-6-15(12)19/h3-6,13,23H,2,7-11H2,1H3,(H,20,21,24). The lowest BCUT2D eigenvalue weighted by Crippen LogP contribution is -2.40. The van der Waals surface area contributed by atoms with Gasteiger partial charge in [-0.25, -0.2) is 9.37 Å². The van der Waals surface area contributed by atoms with Crippen molar-refractivity contribution in [2.75, 3.05) is 13.1 Å². The van der Waals surface area contributed by atoms with E-state index in [1.165, 1.54) is 6.07 Å². The average molecular weight is 331 g/mol. The second-order valence-corrected chi connectivity index (χ2v) is 6.25. The minimum atomic E-state index is -0.376. The van der Waals surface area contributed by atoms with Gasteiger partial charge in [0.2, 0.25) is 0 Å². The molecule has 6 heteroatoms. The van der Waals surface area contributed by atoms with Crippen molar-refractivity contribution < 1.29 is 9.50 Å². The lowest BCUT2D eigenvalue weighted by Gasteiger charge is -2.29. The molecular formula is C18H22FN3O2. The highest BCUT2D eigenvalue weighted by Crippen LogP contribution is 2.16. The van der Waals surface area contributed by atoms with E-state index < -0.39 is 0 Å². The first-order valence-electron chi connectivity index (χ1n) is 8.31. The van der Waals surface area contributed by atoms with Crippen LogP contribution in [0.2, 0.25) is 0 Å². The molecule has 3 rings (SSSR count). The third kappa shape index (κ3) is 3.71. The molecule has 1 unspecified atom stereocenters. The first-order valence-corrected chi connectivity index (χ1v) is 8.31. The molecule has 0 fully saturated rings. The summed E-state index contributed by atoms with van der Waals surface area (Å²) in [6.45, 7) is 3.76. The number of hydrogen-bond acceptors (Lipinski definition) is 4. The molecule has 1 aliphatic heterocycles. The molecular weight excluding hydrogens is 309 g/mol. The Morgan fingerprint density at radius 1 is 1.42 bits per heavy atom. The third-order valence-electron chi connectivity index (χ3n) is 4.45. The Morgan fingerprint density at radius 2 is 2.21 bits per heavy atom. The number of benzene rings is 1. The molecule has 1 aromatic heterocycles. The Labute approximate surface area is 140 Å². The zero-order valence-corrected chi connectivity index (χ0v) is 13.8. The fourth-order valence-corrected chi connectivity index (χ4v) is 3.02. The monoisotopic (exact) mass is 331 g/mol. The normalized spacial score (nSPS) is 16.0. The van der Waals surface area contributed by atoms with Gasteiger partial charge in [-0.05, 0) is 18.1 Å². The molecule has 128 valence electrons. The second kappa shape index (κ2) is 7.23. The summed E-state index contributed by atoms with van der Waals surface area (Å²) >= 11 is 0. The molecule has 24 heavy (non-hydrogen) atoms. The first kappa shape index (κ1) is 16.8. The molecule has 0 spiro atoms. The molecule has 1 aromatic carbocycles. The van der Waals surface area contributed by atoms with Gasteiger partial charge in [0.05, 0.1) is 17.4 Å². The Balaban J connectivity index is 1.80. The number of β-amino-alcohol motifs (C(OH)–C–C–N with tert-alkyl or cyclic N) is 1. The molecule has 0 saturated heterocycles. The number of halogens is 1. The molecule has 5 nitrogen and oxygen atoms in total. The molecule has 0 aliphatic carbocycles. The SMILES string of the molecule is CCC(O)CN1CCc2nc(Cc3ccccc3F)[nH]c(=O)c2C1. The Morgan fingerprint density at radius 3 is 2.96 bits per heavy atom. The predicted octanol–water partition coefficient (Wildman–Crippen LogP) is 1.63. The summed E-state index contributed by atoms with van der Waals surface area (Å²) in [5.41, 5.74) is 1.79. The highest BCUT2D eigenvalue weighted by Gasteiger charge is 2.22. The Kier molecular flexibility index (Phi) is 5.06. The Bertz CT molecular complexity index is 775. The number of nitrogens with zero attached hydrogens (tertiary/aromatic N) is 2. The molecule has 2 heterocycles. The average Bonchev–Trinajstić information content (AvgIpc) is 2.57. The zero-order chi connectivity index (χ0) is 17.1. The van der Waals surface area contributed by atoms with E-state index in [9.17, 15) is 14.3 Å². The number of hydrogen-bond donors (Lipinski definition) is 2. The third-order valence-corrected chi connectivity index (χ3v) is 4.45. The van der Waals surface area contributed by atoms with Crippen LogP contribution in [0.1, 0.15) is 36.0 Å². The summed E-state index contributed by atoms with van der Waals surface area (Å²) < 4.78 is 13.8. The van der Waals surface area contributed by atoms with Gasteiger partial charge < -0.3 is 10.1 Å². The van der Waals surface area contributed by atoms with Crippen LogP contribution < -0.4 is 5.56 Å². The molecule has 0 amide bonds. The van der Waals surface area contributed by atoms with E-state index >= 15 is 0 Å². The maximum atomic E-state index is 13.8. The van der Waals surface area contributed by atoms with E-state index in [2.05, 4.69) is 14.9 Å². The van der Waals surface area contributed by atoms with Gasteiger partial charge in [0, 0.05) is 32.5 Å². The van der Waals surface area contributed by atoms with E-state index in [1.807, 2.05) is 6.92 Å². The molecule has 0 bridgehead atoms. The van der Waals surface area contributed by atoms with Gasteiger partial charge in [-0.1, -0.05) is 25.1 Å². The minimum Gasteiger partial charge on any atom is -0.392 e. The molecule has 2 aromatic rings. The van der Waals surface area contributed by atoms with Crippen molar-refractivity contribution in [1.29, 1.82) is 0 Å². The zero-order valence-electron chi connectivity index (χ0n) is 13.8. The summed E-state index contributed by atoms with van der Waals surface area (Å²) in [4.78, 5) is 21.8. The largest absolute Gasteiger partial charge is 0.392 e. The van der Waals surface area contributed by atoms with Gasteiger partial charge in [0.25, 0.3) is 5.56 Å². The lowest BCUT2D eigenvalue weighted by molar-refractivity contribution is 0.102. The highest BCUT2D eigenvalue weighted by molar-refractivity contribution is 5.25. The molecule has 0 radical (unpaired) electrons. The van der Waals surface area contributed by atoms with Crippen LogP contribution in [0.5, 0.6) is 0 Å². The van der Waals surface area contributed by atoms with Crippen molar-refractivity contribution in [3.05, 3.63) is 63.1 Å². The van der Waals surface area contributed by atoms with Gasteiger partial charge >= 0.3 is 0 Å². The number of fused-ring (bicyclic) bond motifs is 1. The lowest BCUT2D eigenvalue weighted by atomic mass is 10.1. The number of aliphatic hydroxyl groups excluding tert-OH is 1. The fraction of sp³-hybridized carbons (Fsp3) is 0.444. The van der Waals surface area contributed by atoms with Crippen LogP contribution in [0.25, 0.3) is 0 Å². The predicted molar refractivity (Wildman–Crippen MR) is 89.3 cm³/mol. The summed E-state index contributed by atoms with van der Waals surface area (Å²) in [5, 5.41) is 9.78. The number of H-pyrrole nitrogens is 1. The van der Waals surface area contributed by atoms with Gasteiger partial charge in [0.1, 0.15) is 11.6 Å². The summed E-state index contributed by atoms with van der Waals surface area (Å²) in [6, 6.07) is 6.51. The van der Waals surface area contributed by atoms with Crippen molar-refractivity contribution in [1.82, 2.24) is 14.9 Å². The van der Waals surface area contributed by atoms with Gasteiger partial charge in [-0.2, -0.15) is 0 Å². The van der Waals surface area contributed by atoms with Crippen LogP contribution in [0.4, 0.5) is 4.39 Å².